The van der Waals surface area contributed by atoms with E-state index in [2.05, 4.69) is 4.99 Å². The molecular weight excluding hydrogens is 413 g/mol. The van der Waals surface area contributed by atoms with Crippen molar-refractivity contribution < 1.29 is 32.6 Å². The predicted molar refractivity (Wildman–Crippen MR) is 106 cm³/mol. The molecule has 0 bridgehead atoms. The molecule has 1 amide bonds. The molecule has 0 saturated heterocycles. The Bertz CT molecular complexity index is 1210. The number of hydroxylamine groups is 1. The van der Waals surface area contributed by atoms with Crippen LogP contribution in [0.15, 0.2) is 59.6 Å². The molecule has 2 N–H and O–H groups in total. The number of rotatable bonds is 3. The van der Waals surface area contributed by atoms with Crippen molar-refractivity contribution >= 4 is 17.8 Å². The lowest BCUT2D eigenvalue weighted by Gasteiger charge is -2.21. The van der Waals surface area contributed by atoms with Crippen LogP contribution in [0, 0.1) is 0 Å². The number of hydrogen-bond donors (Lipinski definition) is 2. The van der Waals surface area contributed by atoms with E-state index in [-0.39, 0.29) is 33.8 Å². The fourth-order valence-electron chi connectivity index (χ4n) is 3.41. The number of halogens is 3. The number of nitrogens with one attached hydrogen (secondary N) is 1. The van der Waals surface area contributed by atoms with Crippen molar-refractivity contribution in [2.75, 3.05) is 7.11 Å². The number of ether oxygens (including phenoxy) is 2. The van der Waals surface area contributed by atoms with Gasteiger partial charge in [-0.25, -0.2) is 5.48 Å². The second kappa shape index (κ2) is 7.77. The molecule has 3 aromatic rings. The number of fused-ring (bicyclic) bond motifs is 2. The van der Waals surface area contributed by atoms with Crippen LogP contribution in [0.4, 0.5) is 18.9 Å². The Kier molecular flexibility index (Phi) is 5.12. The first kappa shape index (κ1) is 20.4. The fraction of sp³-hybridized carbons (Fsp3) is 0.0909. The molecule has 0 saturated carbocycles. The molecule has 0 aliphatic carbocycles. The van der Waals surface area contributed by atoms with Crippen molar-refractivity contribution in [3.8, 4) is 28.4 Å². The van der Waals surface area contributed by atoms with Crippen LogP contribution in [0.3, 0.4) is 0 Å². The van der Waals surface area contributed by atoms with Crippen LogP contribution in [0.5, 0.6) is 17.2 Å². The highest BCUT2D eigenvalue weighted by Crippen LogP contribution is 2.50. The number of amides is 1. The predicted octanol–water partition coefficient (Wildman–Crippen LogP) is 5.36. The van der Waals surface area contributed by atoms with Gasteiger partial charge in [-0.3, -0.25) is 15.0 Å². The zero-order valence-electron chi connectivity index (χ0n) is 16.0. The Balaban J connectivity index is 2.11. The second-order valence-electron chi connectivity index (χ2n) is 6.56. The minimum Gasteiger partial charge on any atom is -0.493 e. The third-order valence-electron chi connectivity index (χ3n) is 4.76. The topological polar surface area (TPSA) is 80.2 Å². The number of para-hydroxylation sites is 2. The van der Waals surface area contributed by atoms with Crippen LogP contribution < -0.4 is 15.0 Å². The van der Waals surface area contributed by atoms with Gasteiger partial charge in [0.05, 0.1) is 12.7 Å². The Labute approximate surface area is 174 Å². The number of alkyl halides is 3. The summed E-state index contributed by atoms with van der Waals surface area (Å²) in [6.45, 7) is 0. The summed E-state index contributed by atoms with van der Waals surface area (Å²) in [5, 5.41) is 9.08. The summed E-state index contributed by atoms with van der Waals surface area (Å²) < 4.78 is 53.4. The van der Waals surface area contributed by atoms with Crippen molar-refractivity contribution in [2.24, 2.45) is 4.99 Å². The molecule has 1 heterocycles. The third-order valence-corrected chi connectivity index (χ3v) is 4.76. The third kappa shape index (κ3) is 3.59. The van der Waals surface area contributed by atoms with Gasteiger partial charge >= 0.3 is 6.18 Å². The average Bonchev–Trinajstić information content (AvgIpc) is 2.96. The molecular formula is C22H15F3N2O4. The minimum atomic E-state index is -4.78. The molecule has 31 heavy (non-hydrogen) atoms. The molecule has 9 heteroatoms. The molecule has 0 radical (unpaired) electrons. The van der Waals surface area contributed by atoms with Crippen LogP contribution in [0.25, 0.3) is 11.1 Å². The van der Waals surface area contributed by atoms with Crippen LogP contribution >= 0.6 is 0 Å². The van der Waals surface area contributed by atoms with Crippen LogP contribution in [-0.2, 0) is 6.18 Å². The summed E-state index contributed by atoms with van der Waals surface area (Å²) in [6, 6.07) is 13.2. The molecule has 3 aromatic carbocycles. The highest BCUT2D eigenvalue weighted by Gasteiger charge is 2.38. The summed E-state index contributed by atoms with van der Waals surface area (Å²) in [5.74, 6) is -0.734. The summed E-state index contributed by atoms with van der Waals surface area (Å²) in [6.07, 6.45) is -3.53. The molecule has 6 nitrogen and oxygen atoms in total. The molecule has 1 aliphatic rings. The smallest absolute Gasteiger partial charge is 0.417 e. The number of aliphatic imine (C=N–C) groups is 1. The Morgan fingerprint density at radius 2 is 1.84 bits per heavy atom. The van der Waals surface area contributed by atoms with Gasteiger partial charge in [0.2, 0.25) is 0 Å². The Hall–Kier alpha value is -3.85. The Morgan fingerprint density at radius 1 is 1.13 bits per heavy atom. The largest absolute Gasteiger partial charge is 0.493 e. The van der Waals surface area contributed by atoms with E-state index in [0.717, 1.165) is 6.07 Å². The van der Waals surface area contributed by atoms with Crippen LogP contribution in [-0.4, -0.2) is 24.4 Å². The van der Waals surface area contributed by atoms with E-state index in [1.54, 1.807) is 24.3 Å². The number of benzene rings is 3. The maximum Gasteiger partial charge on any atom is 0.417 e. The minimum absolute atomic E-state index is 0.0129. The number of hydrogen-bond acceptors (Lipinski definition) is 5. The van der Waals surface area contributed by atoms with Crippen molar-refractivity contribution in [1.29, 1.82) is 0 Å². The first-order chi connectivity index (χ1) is 14.8. The first-order valence-corrected chi connectivity index (χ1v) is 9.02. The van der Waals surface area contributed by atoms with Crippen molar-refractivity contribution in [2.45, 2.75) is 6.18 Å². The zero-order valence-corrected chi connectivity index (χ0v) is 16.0. The van der Waals surface area contributed by atoms with Crippen LogP contribution in [0.1, 0.15) is 21.5 Å². The molecule has 0 aromatic heterocycles. The van der Waals surface area contributed by atoms with Gasteiger partial charge in [0.1, 0.15) is 5.69 Å². The van der Waals surface area contributed by atoms with Crippen molar-refractivity contribution in [3.63, 3.8) is 0 Å². The normalized spacial score (nSPS) is 12.3. The highest BCUT2D eigenvalue weighted by molar-refractivity contribution is 6.05. The maximum absolute atomic E-state index is 14.1. The van der Waals surface area contributed by atoms with Gasteiger partial charge in [-0.2, -0.15) is 13.2 Å². The Morgan fingerprint density at radius 3 is 2.55 bits per heavy atom. The lowest BCUT2D eigenvalue weighted by Crippen LogP contribution is -2.20. The quantitative estimate of drug-likeness (QED) is 0.340. The van der Waals surface area contributed by atoms with Gasteiger partial charge in [0.25, 0.3) is 5.91 Å². The zero-order chi connectivity index (χ0) is 22.2. The van der Waals surface area contributed by atoms with E-state index >= 15 is 0 Å². The van der Waals surface area contributed by atoms with Gasteiger partial charge in [0.15, 0.2) is 17.2 Å². The SMILES string of the molecule is COc1cc(C(F)(F)F)c(-c2ccccc2C(=O)NO)c2c1Oc1ccccc1N=C2. The number of nitrogens with zero attached hydrogens (tertiary/aromatic N) is 1. The van der Waals surface area contributed by atoms with Gasteiger partial charge in [-0.1, -0.05) is 30.3 Å². The van der Waals surface area contributed by atoms with E-state index in [9.17, 15) is 18.0 Å². The molecule has 0 atom stereocenters. The van der Waals surface area contributed by atoms with E-state index in [0.29, 0.717) is 11.4 Å². The van der Waals surface area contributed by atoms with E-state index in [1.807, 2.05) is 0 Å². The van der Waals surface area contributed by atoms with Gasteiger partial charge in [-0.15, -0.1) is 0 Å². The average molecular weight is 428 g/mol. The number of carbonyl (C=O) groups is 1. The molecule has 0 unspecified atom stereocenters. The van der Waals surface area contributed by atoms with E-state index in [1.165, 1.54) is 43.1 Å². The molecule has 0 fully saturated rings. The summed E-state index contributed by atoms with van der Waals surface area (Å²) in [4.78, 5) is 16.5. The lowest BCUT2D eigenvalue weighted by atomic mass is 9.89. The van der Waals surface area contributed by atoms with Crippen LogP contribution in [0.2, 0.25) is 0 Å². The van der Waals surface area contributed by atoms with Crippen molar-refractivity contribution in [3.05, 3.63) is 71.3 Å². The fourth-order valence-corrected chi connectivity index (χ4v) is 3.41. The second-order valence-corrected chi connectivity index (χ2v) is 6.56. The summed E-state index contributed by atoms with van der Waals surface area (Å²) in [7, 11) is 1.24. The molecule has 1 aliphatic heterocycles. The highest BCUT2D eigenvalue weighted by atomic mass is 19.4. The van der Waals surface area contributed by atoms with E-state index in [4.69, 9.17) is 14.7 Å². The summed E-state index contributed by atoms with van der Waals surface area (Å²) in [5.41, 5.74) is 0.305. The maximum atomic E-state index is 14.1. The standard InChI is InChI=1S/C22H15F3N2O4/c1-30-18-10-15(22(23,24)25)19(12-6-2-3-7-13(12)21(28)27-29)14-11-26-16-8-4-5-9-17(16)31-20(14)18/h2-11,29H,1H3,(H,27,28). The first-order valence-electron chi connectivity index (χ1n) is 9.02. The number of carbonyl (C=O) groups excluding carboxylic acids is 1. The number of methoxy groups -OCH3 is 1. The summed E-state index contributed by atoms with van der Waals surface area (Å²) >= 11 is 0. The lowest BCUT2D eigenvalue weighted by molar-refractivity contribution is -0.137. The van der Waals surface area contributed by atoms with Gasteiger partial charge < -0.3 is 9.47 Å². The van der Waals surface area contributed by atoms with Crippen molar-refractivity contribution in [1.82, 2.24) is 5.48 Å². The molecule has 158 valence electrons. The van der Waals surface area contributed by atoms with E-state index < -0.39 is 17.6 Å². The monoisotopic (exact) mass is 428 g/mol. The van der Waals surface area contributed by atoms with Gasteiger partial charge in [-0.05, 0) is 29.8 Å². The van der Waals surface area contributed by atoms with Gasteiger partial charge in [0, 0.05) is 22.9 Å². The molecule has 0 spiro atoms. The molecule has 4 rings (SSSR count).